The van der Waals surface area contributed by atoms with E-state index in [-0.39, 0.29) is 30.3 Å². The number of nitrogens with one attached hydrogen (secondary N) is 3. The summed E-state index contributed by atoms with van der Waals surface area (Å²) in [6, 6.07) is 12.4. The quantitative estimate of drug-likeness (QED) is 0.699. The van der Waals surface area contributed by atoms with Crippen molar-refractivity contribution in [2.45, 2.75) is 18.9 Å². The summed E-state index contributed by atoms with van der Waals surface area (Å²) in [5.41, 5.74) is 1.77. The van der Waals surface area contributed by atoms with Gasteiger partial charge in [0.05, 0.1) is 12.6 Å². The van der Waals surface area contributed by atoms with Crippen molar-refractivity contribution in [3.8, 4) is 0 Å². The Morgan fingerprint density at radius 2 is 1.74 bits per heavy atom. The van der Waals surface area contributed by atoms with Crippen molar-refractivity contribution in [2.24, 2.45) is 0 Å². The molecule has 0 spiro atoms. The zero-order valence-electron chi connectivity index (χ0n) is 14.8. The molecule has 1 aliphatic heterocycles. The van der Waals surface area contributed by atoms with Gasteiger partial charge in [-0.2, -0.15) is 0 Å². The Morgan fingerprint density at radius 1 is 1.04 bits per heavy atom. The van der Waals surface area contributed by atoms with Gasteiger partial charge in [-0.3, -0.25) is 9.59 Å². The van der Waals surface area contributed by atoms with Crippen LogP contribution >= 0.6 is 0 Å². The number of halogens is 1. The molecule has 2 aromatic carbocycles. The molecule has 3 N–H and O–H groups in total. The standard InChI is InChI=1S/C20H22FN3O3/c21-15-5-9-16(10-6-15)22-13-19(25)24-17-7-3-14(4-8-17)20(26)23-12-18-2-1-11-27-18/h3-10,18,22H,1-2,11-13H2,(H,23,26)(H,24,25). The van der Waals surface area contributed by atoms with E-state index in [0.717, 1.165) is 19.4 Å². The van der Waals surface area contributed by atoms with E-state index in [1.165, 1.54) is 12.1 Å². The number of ether oxygens (including phenoxy) is 1. The second-order valence-corrected chi connectivity index (χ2v) is 6.33. The third kappa shape index (κ3) is 5.79. The lowest BCUT2D eigenvalue weighted by atomic mass is 10.2. The molecule has 2 aromatic rings. The average Bonchev–Trinajstić information content (AvgIpc) is 3.20. The topological polar surface area (TPSA) is 79.5 Å². The maximum atomic E-state index is 12.8. The first-order valence-corrected chi connectivity index (χ1v) is 8.89. The van der Waals surface area contributed by atoms with Gasteiger partial charge in [-0.15, -0.1) is 0 Å². The molecule has 0 bridgehead atoms. The summed E-state index contributed by atoms with van der Waals surface area (Å²) in [5, 5.41) is 8.51. The molecule has 6 nitrogen and oxygen atoms in total. The van der Waals surface area contributed by atoms with Crippen molar-refractivity contribution in [1.29, 1.82) is 0 Å². The van der Waals surface area contributed by atoms with Crippen LogP contribution < -0.4 is 16.0 Å². The van der Waals surface area contributed by atoms with Crippen LogP contribution in [0.3, 0.4) is 0 Å². The van der Waals surface area contributed by atoms with Crippen molar-refractivity contribution in [1.82, 2.24) is 5.32 Å². The molecule has 1 atom stereocenters. The second kappa shape index (κ2) is 9.14. The number of hydrogen-bond acceptors (Lipinski definition) is 4. The molecule has 1 saturated heterocycles. The Bertz CT molecular complexity index is 772. The lowest BCUT2D eigenvalue weighted by molar-refractivity contribution is -0.114. The maximum Gasteiger partial charge on any atom is 0.251 e. The van der Waals surface area contributed by atoms with Crippen LogP contribution in [0.5, 0.6) is 0 Å². The van der Waals surface area contributed by atoms with E-state index in [0.29, 0.717) is 23.5 Å². The van der Waals surface area contributed by atoms with E-state index in [1.807, 2.05) is 0 Å². The molecular weight excluding hydrogens is 349 g/mol. The molecule has 1 unspecified atom stereocenters. The van der Waals surface area contributed by atoms with Crippen molar-refractivity contribution in [3.05, 3.63) is 59.9 Å². The highest BCUT2D eigenvalue weighted by Gasteiger charge is 2.16. The van der Waals surface area contributed by atoms with Crippen molar-refractivity contribution < 1.29 is 18.7 Å². The van der Waals surface area contributed by atoms with Gasteiger partial charge in [-0.1, -0.05) is 0 Å². The predicted molar refractivity (Wildman–Crippen MR) is 101 cm³/mol. The molecule has 142 valence electrons. The summed E-state index contributed by atoms with van der Waals surface area (Å²) in [4.78, 5) is 24.1. The van der Waals surface area contributed by atoms with Crippen LogP contribution in [0.4, 0.5) is 15.8 Å². The van der Waals surface area contributed by atoms with Crippen LogP contribution in [0.15, 0.2) is 48.5 Å². The smallest absolute Gasteiger partial charge is 0.251 e. The van der Waals surface area contributed by atoms with E-state index in [9.17, 15) is 14.0 Å². The van der Waals surface area contributed by atoms with Gasteiger partial charge in [0.2, 0.25) is 5.91 Å². The van der Waals surface area contributed by atoms with E-state index < -0.39 is 0 Å². The highest BCUT2D eigenvalue weighted by atomic mass is 19.1. The molecule has 27 heavy (non-hydrogen) atoms. The third-order valence-electron chi connectivity index (χ3n) is 4.24. The highest BCUT2D eigenvalue weighted by molar-refractivity contribution is 5.96. The predicted octanol–water partition coefficient (Wildman–Crippen LogP) is 2.79. The summed E-state index contributed by atoms with van der Waals surface area (Å²) in [7, 11) is 0. The Kier molecular flexibility index (Phi) is 6.38. The Balaban J connectivity index is 1.44. The van der Waals surface area contributed by atoms with Gasteiger partial charge in [0.25, 0.3) is 5.91 Å². The van der Waals surface area contributed by atoms with Gasteiger partial charge < -0.3 is 20.7 Å². The van der Waals surface area contributed by atoms with Crippen LogP contribution in [-0.4, -0.2) is 37.6 Å². The number of amides is 2. The molecule has 0 aromatic heterocycles. The lowest BCUT2D eigenvalue weighted by Gasteiger charge is -2.11. The molecule has 1 aliphatic rings. The summed E-state index contributed by atoms with van der Waals surface area (Å²) >= 11 is 0. The van der Waals surface area contributed by atoms with E-state index >= 15 is 0 Å². The number of carbonyl (C=O) groups excluding carboxylic acids is 2. The van der Waals surface area contributed by atoms with Gasteiger partial charge in [0.15, 0.2) is 0 Å². The Hall–Kier alpha value is -2.93. The molecule has 1 heterocycles. The largest absolute Gasteiger partial charge is 0.376 e. The minimum Gasteiger partial charge on any atom is -0.376 e. The molecule has 3 rings (SSSR count). The monoisotopic (exact) mass is 371 g/mol. The molecule has 0 radical (unpaired) electrons. The number of carbonyl (C=O) groups is 2. The number of anilines is 2. The fourth-order valence-corrected chi connectivity index (χ4v) is 2.77. The highest BCUT2D eigenvalue weighted by Crippen LogP contribution is 2.13. The summed E-state index contributed by atoms with van der Waals surface area (Å²) in [5.74, 6) is -0.735. The van der Waals surface area contributed by atoms with Gasteiger partial charge in [0.1, 0.15) is 5.82 Å². The maximum absolute atomic E-state index is 12.8. The van der Waals surface area contributed by atoms with Gasteiger partial charge >= 0.3 is 0 Å². The van der Waals surface area contributed by atoms with Crippen LogP contribution in [-0.2, 0) is 9.53 Å². The summed E-state index contributed by atoms with van der Waals surface area (Å²) in [6.07, 6.45) is 2.10. The fourth-order valence-electron chi connectivity index (χ4n) is 2.77. The summed E-state index contributed by atoms with van der Waals surface area (Å²) in [6.45, 7) is 1.31. The lowest BCUT2D eigenvalue weighted by Crippen LogP contribution is -2.31. The third-order valence-corrected chi connectivity index (χ3v) is 4.24. The van der Waals surface area contributed by atoms with Gasteiger partial charge in [-0.05, 0) is 61.4 Å². The number of benzene rings is 2. The van der Waals surface area contributed by atoms with Crippen LogP contribution in [0.25, 0.3) is 0 Å². The van der Waals surface area contributed by atoms with Crippen LogP contribution in [0.1, 0.15) is 23.2 Å². The second-order valence-electron chi connectivity index (χ2n) is 6.33. The zero-order chi connectivity index (χ0) is 19.1. The van der Waals surface area contributed by atoms with E-state index in [1.54, 1.807) is 36.4 Å². The van der Waals surface area contributed by atoms with Crippen molar-refractivity contribution in [2.75, 3.05) is 30.3 Å². The molecule has 7 heteroatoms. The number of rotatable bonds is 7. The minimum absolute atomic E-state index is 0.0509. The van der Waals surface area contributed by atoms with Gasteiger partial charge in [-0.25, -0.2) is 4.39 Å². The minimum atomic E-state index is -0.329. The van der Waals surface area contributed by atoms with Crippen LogP contribution in [0.2, 0.25) is 0 Å². The Labute approximate surface area is 157 Å². The fraction of sp³-hybridized carbons (Fsp3) is 0.300. The first kappa shape index (κ1) is 18.8. The van der Waals surface area contributed by atoms with Crippen molar-refractivity contribution in [3.63, 3.8) is 0 Å². The van der Waals surface area contributed by atoms with E-state index in [2.05, 4.69) is 16.0 Å². The Morgan fingerprint density at radius 3 is 2.41 bits per heavy atom. The molecule has 0 saturated carbocycles. The first-order valence-electron chi connectivity index (χ1n) is 8.89. The number of hydrogen-bond donors (Lipinski definition) is 3. The zero-order valence-corrected chi connectivity index (χ0v) is 14.8. The normalized spacial score (nSPS) is 16.0. The first-order chi connectivity index (χ1) is 13.1. The van der Waals surface area contributed by atoms with Crippen molar-refractivity contribution >= 4 is 23.2 Å². The van der Waals surface area contributed by atoms with E-state index in [4.69, 9.17) is 4.74 Å². The molecule has 0 aliphatic carbocycles. The molecule has 2 amide bonds. The van der Waals surface area contributed by atoms with Gasteiger partial charge in [0, 0.05) is 30.1 Å². The summed E-state index contributed by atoms with van der Waals surface area (Å²) < 4.78 is 18.3. The average molecular weight is 371 g/mol. The van der Waals surface area contributed by atoms with Crippen LogP contribution in [0, 0.1) is 5.82 Å². The molecule has 1 fully saturated rings. The SMILES string of the molecule is O=C(CNc1ccc(F)cc1)Nc1ccc(C(=O)NCC2CCCO2)cc1. The molecular formula is C20H22FN3O3.